The average molecular weight is 283 g/mol. The van der Waals surface area contributed by atoms with E-state index in [2.05, 4.69) is 16.8 Å². The van der Waals surface area contributed by atoms with Crippen LogP contribution in [-0.2, 0) is 22.5 Å². The van der Waals surface area contributed by atoms with Gasteiger partial charge in [0.15, 0.2) is 5.16 Å². The van der Waals surface area contributed by atoms with Crippen molar-refractivity contribution in [1.29, 1.82) is 0 Å². The first-order valence-electron chi connectivity index (χ1n) is 6.39. The number of esters is 1. The summed E-state index contributed by atoms with van der Waals surface area (Å²) in [6.07, 6.45) is 2.60. The molecular weight excluding hydrogens is 262 g/mol. The molecule has 0 aliphatic rings. The normalized spacial score (nSPS) is 10.7. The molecule has 0 saturated carbocycles. The standard InChI is InChI=1S/C13H21N3O2S/c1-5-7-16-11(6-2)14-15-13(16)19-9-12(17)18-8-10(3)4/h5,10H,1,6-9H2,2-4H3. The first-order chi connectivity index (χ1) is 9.08. The van der Waals surface area contributed by atoms with Crippen LogP contribution in [0.3, 0.4) is 0 Å². The molecule has 106 valence electrons. The Kier molecular flexibility index (Phi) is 6.62. The summed E-state index contributed by atoms with van der Waals surface area (Å²) in [7, 11) is 0. The second kappa shape index (κ2) is 7.99. The minimum absolute atomic E-state index is 0.218. The number of aryl methyl sites for hydroxylation is 1. The maximum atomic E-state index is 11.5. The third kappa shape index (κ3) is 5.06. The van der Waals surface area contributed by atoms with Gasteiger partial charge in [0.2, 0.25) is 0 Å². The molecule has 1 aromatic heterocycles. The van der Waals surface area contributed by atoms with Crippen LogP contribution in [0.4, 0.5) is 0 Å². The van der Waals surface area contributed by atoms with Crippen molar-refractivity contribution in [2.45, 2.75) is 38.9 Å². The lowest BCUT2D eigenvalue weighted by Gasteiger charge is -2.08. The van der Waals surface area contributed by atoms with Crippen LogP contribution in [0.2, 0.25) is 0 Å². The second-order valence-corrected chi connectivity index (χ2v) is 5.46. The average Bonchev–Trinajstić information content (AvgIpc) is 2.76. The minimum atomic E-state index is -0.218. The molecule has 0 spiro atoms. The Labute approximate surface area is 118 Å². The van der Waals surface area contributed by atoms with Crippen molar-refractivity contribution in [1.82, 2.24) is 14.8 Å². The van der Waals surface area contributed by atoms with Crippen LogP contribution in [0.15, 0.2) is 17.8 Å². The number of aromatic nitrogens is 3. The molecule has 5 nitrogen and oxygen atoms in total. The van der Waals surface area contributed by atoms with Crippen molar-refractivity contribution in [3.05, 3.63) is 18.5 Å². The highest BCUT2D eigenvalue weighted by molar-refractivity contribution is 7.99. The Morgan fingerprint density at radius 1 is 1.53 bits per heavy atom. The summed E-state index contributed by atoms with van der Waals surface area (Å²) < 4.78 is 7.09. The van der Waals surface area contributed by atoms with Gasteiger partial charge in [-0.2, -0.15) is 0 Å². The van der Waals surface area contributed by atoms with E-state index in [0.29, 0.717) is 19.1 Å². The van der Waals surface area contributed by atoms with Crippen molar-refractivity contribution < 1.29 is 9.53 Å². The van der Waals surface area contributed by atoms with Crippen LogP contribution < -0.4 is 0 Å². The highest BCUT2D eigenvalue weighted by atomic mass is 32.2. The quantitative estimate of drug-likeness (QED) is 0.416. The number of carbonyl (C=O) groups is 1. The highest BCUT2D eigenvalue weighted by Crippen LogP contribution is 2.17. The molecule has 0 aliphatic heterocycles. The SMILES string of the molecule is C=CCn1c(CC)nnc1SCC(=O)OCC(C)C. The fourth-order valence-electron chi connectivity index (χ4n) is 1.42. The van der Waals surface area contributed by atoms with Crippen LogP contribution >= 0.6 is 11.8 Å². The predicted octanol–water partition coefficient (Wildman–Crippen LogP) is 2.32. The first-order valence-corrected chi connectivity index (χ1v) is 7.38. The van der Waals surface area contributed by atoms with Crippen LogP contribution in [0, 0.1) is 5.92 Å². The van der Waals surface area contributed by atoms with Gasteiger partial charge in [0, 0.05) is 13.0 Å². The number of carbonyl (C=O) groups excluding carboxylic acids is 1. The fourth-order valence-corrected chi connectivity index (χ4v) is 2.19. The van der Waals surface area contributed by atoms with Crippen molar-refractivity contribution in [2.75, 3.05) is 12.4 Å². The summed E-state index contributed by atoms with van der Waals surface area (Å²) in [4.78, 5) is 11.5. The second-order valence-electron chi connectivity index (χ2n) is 4.52. The van der Waals surface area contributed by atoms with E-state index in [1.807, 2.05) is 25.3 Å². The number of rotatable bonds is 8. The highest BCUT2D eigenvalue weighted by Gasteiger charge is 2.13. The monoisotopic (exact) mass is 283 g/mol. The molecule has 1 aromatic rings. The number of ether oxygens (including phenoxy) is 1. The van der Waals surface area contributed by atoms with E-state index in [9.17, 15) is 4.79 Å². The van der Waals surface area contributed by atoms with Crippen molar-refractivity contribution >= 4 is 17.7 Å². The van der Waals surface area contributed by atoms with Gasteiger partial charge in [0.05, 0.1) is 12.4 Å². The summed E-state index contributed by atoms with van der Waals surface area (Å²) in [6.45, 7) is 10.9. The summed E-state index contributed by atoms with van der Waals surface area (Å²) >= 11 is 1.35. The lowest BCUT2D eigenvalue weighted by molar-refractivity contribution is -0.141. The number of thioether (sulfide) groups is 1. The van der Waals surface area contributed by atoms with E-state index in [1.165, 1.54) is 11.8 Å². The summed E-state index contributed by atoms with van der Waals surface area (Å²) in [5, 5.41) is 8.93. The van der Waals surface area contributed by atoms with E-state index in [-0.39, 0.29) is 11.7 Å². The lowest BCUT2D eigenvalue weighted by atomic mass is 10.2. The van der Waals surface area contributed by atoms with Gasteiger partial charge in [0.1, 0.15) is 5.82 Å². The number of allylic oxidation sites excluding steroid dienone is 1. The van der Waals surface area contributed by atoms with Gasteiger partial charge in [0.25, 0.3) is 0 Å². The Balaban J connectivity index is 2.55. The summed E-state index contributed by atoms with van der Waals surface area (Å²) in [5.41, 5.74) is 0. The largest absolute Gasteiger partial charge is 0.465 e. The fraction of sp³-hybridized carbons (Fsp3) is 0.615. The molecule has 6 heteroatoms. The maximum Gasteiger partial charge on any atom is 0.316 e. The zero-order valence-electron chi connectivity index (χ0n) is 11.8. The van der Waals surface area contributed by atoms with E-state index < -0.39 is 0 Å². The van der Waals surface area contributed by atoms with Gasteiger partial charge in [-0.1, -0.05) is 38.6 Å². The lowest BCUT2D eigenvalue weighted by Crippen LogP contribution is -2.12. The van der Waals surface area contributed by atoms with E-state index in [1.54, 1.807) is 6.08 Å². The first kappa shape index (κ1) is 15.8. The van der Waals surface area contributed by atoms with Crippen LogP contribution in [0.5, 0.6) is 0 Å². The molecule has 0 fully saturated rings. The zero-order chi connectivity index (χ0) is 14.3. The molecule has 1 rings (SSSR count). The number of hydrogen-bond acceptors (Lipinski definition) is 5. The van der Waals surface area contributed by atoms with E-state index in [4.69, 9.17) is 4.74 Å². The third-order valence-corrected chi connectivity index (χ3v) is 3.26. The zero-order valence-corrected chi connectivity index (χ0v) is 12.6. The van der Waals surface area contributed by atoms with Crippen LogP contribution in [0.1, 0.15) is 26.6 Å². The van der Waals surface area contributed by atoms with Gasteiger partial charge in [-0.05, 0) is 5.92 Å². The molecular formula is C13H21N3O2S. The predicted molar refractivity (Wildman–Crippen MR) is 76.1 cm³/mol. The van der Waals surface area contributed by atoms with Crippen LogP contribution in [-0.4, -0.2) is 33.1 Å². The Bertz CT molecular complexity index is 430. The summed E-state index contributed by atoms with van der Waals surface area (Å²) in [5.74, 6) is 1.29. The molecule has 0 radical (unpaired) electrons. The molecule has 0 amide bonds. The topological polar surface area (TPSA) is 57.0 Å². The molecule has 1 heterocycles. The molecule has 0 saturated heterocycles. The summed E-state index contributed by atoms with van der Waals surface area (Å²) in [6, 6.07) is 0. The molecule has 0 unspecified atom stereocenters. The molecule has 0 bridgehead atoms. The molecule has 0 N–H and O–H groups in total. The van der Waals surface area contributed by atoms with E-state index in [0.717, 1.165) is 17.4 Å². The van der Waals surface area contributed by atoms with Gasteiger partial charge < -0.3 is 9.30 Å². The molecule has 0 atom stereocenters. The van der Waals surface area contributed by atoms with Crippen molar-refractivity contribution in [3.63, 3.8) is 0 Å². The Morgan fingerprint density at radius 2 is 2.26 bits per heavy atom. The maximum absolute atomic E-state index is 11.5. The van der Waals surface area contributed by atoms with Gasteiger partial charge in [-0.15, -0.1) is 16.8 Å². The number of nitrogens with zero attached hydrogens (tertiary/aromatic N) is 3. The van der Waals surface area contributed by atoms with Gasteiger partial charge in [-0.3, -0.25) is 4.79 Å². The minimum Gasteiger partial charge on any atom is -0.465 e. The smallest absolute Gasteiger partial charge is 0.316 e. The number of hydrogen-bond donors (Lipinski definition) is 0. The molecule has 0 aliphatic carbocycles. The van der Waals surface area contributed by atoms with E-state index >= 15 is 0 Å². The molecule has 0 aromatic carbocycles. The van der Waals surface area contributed by atoms with Crippen LogP contribution in [0.25, 0.3) is 0 Å². The Hall–Kier alpha value is -1.30. The molecule has 19 heavy (non-hydrogen) atoms. The Morgan fingerprint density at radius 3 is 2.84 bits per heavy atom. The van der Waals surface area contributed by atoms with Gasteiger partial charge in [-0.25, -0.2) is 0 Å². The third-order valence-electron chi connectivity index (χ3n) is 2.32. The van der Waals surface area contributed by atoms with Gasteiger partial charge >= 0.3 is 5.97 Å². The van der Waals surface area contributed by atoms with Crippen molar-refractivity contribution in [3.8, 4) is 0 Å². The van der Waals surface area contributed by atoms with Crippen molar-refractivity contribution in [2.24, 2.45) is 5.92 Å².